The van der Waals surface area contributed by atoms with Gasteiger partial charge >= 0.3 is 12.0 Å². The lowest BCUT2D eigenvalue weighted by molar-refractivity contribution is -0.137. The van der Waals surface area contributed by atoms with Crippen LogP contribution in [0.25, 0.3) is 0 Å². The van der Waals surface area contributed by atoms with Crippen molar-refractivity contribution in [1.82, 2.24) is 9.80 Å². The molecule has 1 fully saturated rings. The summed E-state index contributed by atoms with van der Waals surface area (Å²) in [5.41, 5.74) is 0. The molecule has 5 heteroatoms. The summed E-state index contributed by atoms with van der Waals surface area (Å²) < 4.78 is 0. The molecule has 5 nitrogen and oxygen atoms in total. The summed E-state index contributed by atoms with van der Waals surface area (Å²) in [5, 5.41) is 8.81. The van der Waals surface area contributed by atoms with Crippen molar-refractivity contribution in [1.29, 1.82) is 0 Å². The van der Waals surface area contributed by atoms with Gasteiger partial charge in [-0.3, -0.25) is 4.79 Å². The lowest BCUT2D eigenvalue weighted by atomic mass is 10.3. The van der Waals surface area contributed by atoms with Crippen molar-refractivity contribution in [3.05, 3.63) is 0 Å². The highest BCUT2D eigenvalue weighted by molar-refractivity contribution is 5.80. The fourth-order valence-corrected chi connectivity index (χ4v) is 1.72. The van der Waals surface area contributed by atoms with Crippen LogP contribution in [0, 0.1) is 5.92 Å². The molecule has 1 N–H and O–H groups in total. The maximum absolute atomic E-state index is 12.0. The van der Waals surface area contributed by atoms with Gasteiger partial charge in [0.15, 0.2) is 0 Å². The molecule has 1 rings (SSSR count). The number of carbonyl (C=O) groups excluding carboxylic acids is 1. The number of unbranched alkanes of at least 4 members (excludes halogenated alkanes) is 1. The van der Waals surface area contributed by atoms with Crippen molar-refractivity contribution < 1.29 is 14.7 Å². The molecule has 0 bridgehead atoms. The van der Waals surface area contributed by atoms with Crippen molar-refractivity contribution in [2.24, 2.45) is 5.92 Å². The van der Waals surface area contributed by atoms with Crippen LogP contribution in [0.2, 0.25) is 0 Å². The monoisotopic (exact) mass is 242 g/mol. The van der Waals surface area contributed by atoms with Gasteiger partial charge in [-0.25, -0.2) is 4.79 Å². The zero-order valence-electron chi connectivity index (χ0n) is 10.7. The second-order valence-corrected chi connectivity index (χ2v) is 4.78. The zero-order valence-corrected chi connectivity index (χ0v) is 10.7. The van der Waals surface area contributed by atoms with E-state index in [2.05, 4.69) is 6.92 Å². The number of rotatable bonds is 7. The molecular formula is C12H22N2O3. The van der Waals surface area contributed by atoms with Gasteiger partial charge in [-0.2, -0.15) is 0 Å². The van der Waals surface area contributed by atoms with E-state index in [9.17, 15) is 9.59 Å². The van der Waals surface area contributed by atoms with Crippen LogP contribution in [0.4, 0.5) is 4.79 Å². The van der Waals surface area contributed by atoms with Crippen LogP contribution < -0.4 is 0 Å². The third kappa shape index (κ3) is 5.06. The Hall–Kier alpha value is -1.26. The molecule has 0 radical (unpaired) electrons. The van der Waals surface area contributed by atoms with Gasteiger partial charge < -0.3 is 14.9 Å². The normalized spacial score (nSPS) is 14.5. The highest BCUT2D eigenvalue weighted by Crippen LogP contribution is 2.29. The molecule has 0 heterocycles. The molecule has 17 heavy (non-hydrogen) atoms. The number of hydrogen-bond donors (Lipinski definition) is 1. The third-order valence-corrected chi connectivity index (χ3v) is 2.95. The topological polar surface area (TPSA) is 60.9 Å². The number of amides is 2. The highest BCUT2D eigenvalue weighted by atomic mass is 16.4. The molecule has 0 saturated heterocycles. The Kier molecular flexibility index (Phi) is 5.25. The van der Waals surface area contributed by atoms with E-state index in [0.717, 1.165) is 25.7 Å². The van der Waals surface area contributed by atoms with Gasteiger partial charge in [-0.05, 0) is 25.2 Å². The summed E-state index contributed by atoms with van der Waals surface area (Å²) >= 11 is 0. The summed E-state index contributed by atoms with van der Waals surface area (Å²) in [6, 6.07) is -0.159. The number of carboxylic acids is 1. The predicted octanol–water partition coefficient (Wildman–Crippen LogP) is 1.63. The van der Waals surface area contributed by atoms with Crippen LogP contribution in [-0.4, -0.2) is 53.6 Å². The summed E-state index contributed by atoms with van der Waals surface area (Å²) in [4.78, 5) is 25.9. The number of hydrogen-bond acceptors (Lipinski definition) is 2. The maximum atomic E-state index is 12.0. The van der Waals surface area contributed by atoms with Crippen molar-refractivity contribution in [3.8, 4) is 0 Å². The molecule has 0 aromatic rings. The van der Waals surface area contributed by atoms with E-state index in [0.29, 0.717) is 19.0 Å². The van der Waals surface area contributed by atoms with Crippen LogP contribution in [0.1, 0.15) is 32.6 Å². The standard InChI is InChI=1S/C12H22N2O3/c1-3-4-7-13(2)12(17)14(9-11(15)16)8-10-5-6-10/h10H,3-9H2,1-2H3,(H,15,16). The smallest absolute Gasteiger partial charge is 0.323 e. The molecule has 1 aliphatic rings. The maximum Gasteiger partial charge on any atom is 0.323 e. The molecule has 98 valence electrons. The number of carbonyl (C=O) groups is 2. The second kappa shape index (κ2) is 6.47. The minimum absolute atomic E-state index is 0.159. The first-order valence-electron chi connectivity index (χ1n) is 6.26. The van der Waals surface area contributed by atoms with E-state index in [1.165, 1.54) is 4.90 Å². The molecule has 0 aromatic heterocycles. The summed E-state index contributed by atoms with van der Waals surface area (Å²) in [6.07, 6.45) is 4.20. The van der Waals surface area contributed by atoms with Crippen LogP contribution in [-0.2, 0) is 4.79 Å². The third-order valence-electron chi connectivity index (χ3n) is 2.95. The first-order valence-corrected chi connectivity index (χ1v) is 6.26. The van der Waals surface area contributed by atoms with E-state index < -0.39 is 5.97 Å². The number of carboxylic acid groups (broad SMARTS) is 1. The summed E-state index contributed by atoms with van der Waals surface area (Å²) in [6.45, 7) is 3.15. The first kappa shape index (κ1) is 13.8. The molecular weight excluding hydrogens is 220 g/mol. The van der Waals surface area contributed by atoms with Crippen molar-refractivity contribution >= 4 is 12.0 Å². The predicted molar refractivity (Wildman–Crippen MR) is 64.9 cm³/mol. The first-order chi connectivity index (χ1) is 8.04. The lowest BCUT2D eigenvalue weighted by Crippen LogP contribution is -2.44. The molecule has 0 aromatic carbocycles. The fourth-order valence-electron chi connectivity index (χ4n) is 1.72. The number of nitrogens with zero attached hydrogens (tertiary/aromatic N) is 2. The van der Waals surface area contributed by atoms with E-state index in [1.807, 2.05) is 0 Å². The van der Waals surface area contributed by atoms with E-state index in [4.69, 9.17) is 5.11 Å². The highest BCUT2D eigenvalue weighted by Gasteiger charge is 2.29. The van der Waals surface area contributed by atoms with Crippen LogP contribution in [0.15, 0.2) is 0 Å². The van der Waals surface area contributed by atoms with Gasteiger partial charge in [-0.1, -0.05) is 13.3 Å². The Morgan fingerprint density at radius 3 is 2.47 bits per heavy atom. The average molecular weight is 242 g/mol. The Balaban J connectivity index is 2.47. The van der Waals surface area contributed by atoms with Crippen molar-refractivity contribution in [3.63, 3.8) is 0 Å². The minimum Gasteiger partial charge on any atom is -0.480 e. The molecule has 0 spiro atoms. The second-order valence-electron chi connectivity index (χ2n) is 4.78. The van der Waals surface area contributed by atoms with Gasteiger partial charge in [0.25, 0.3) is 0 Å². The van der Waals surface area contributed by atoms with Crippen LogP contribution >= 0.6 is 0 Å². The van der Waals surface area contributed by atoms with Gasteiger partial charge in [0.05, 0.1) is 0 Å². The molecule has 0 atom stereocenters. The van der Waals surface area contributed by atoms with Gasteiger partial charge in [0.2, 0.25) is 0 Å². The Morgan fingerprint density at radius 2 is 2.00 bits per heavy atom. The number of urea groups is 1. The van der Waals surface area contributed by atoms with E-state index in [1.54, 1.807) is 11.9 Å². The van der Waals surface area contributed by atoms with Crippen molar-refractivity contribution in [2.75, 3.05) is 26.7 Å². The van der Waals surface area contributed by atoms with Crippen LogP contribution in [0.3, 0.4) is 0 Å². The van der Waals surface area contributed by atoms with E-state index in [-0.39, 0.29) is 12.6 Å². The van der Waals surface area contributed by atoms with Gasteiger partial charge in [0, 0.05) is 20.1 Å². The quantitative estimate of drug-likeness (QED) is 0.738. The SMILES string of the molecule is CCCCN(C)C(=O)N(CC(=O)O)CC1CC1. The molecule has 1 saturated carbocycles. The Bertz CT molecular complexity index is 277. The zero-order chi connectivity index (χ0) is 12.8. The number of aliphatic carboxylic acids is 1. The van der Waals surface area contributed by atoms with Crippen LogP contribution in [0.5, 0.6) is 0 Å². The van der Waals surface area contributed by atoms with Gasteiger partial charge in [-0.15, -0.1) is 0 Å². The van der Waals surface area contributed by atoms with Gasteiger partial charge in [0.1, 0.15) is 6.54 Å². The molecule has 2 amide bonds. The summed E-state index contributed by atoms with van der Waals surface area (Å²) in [5.74, 6) is -0.430. The molecule has 0 unspecified atom stereocenters. The Morgan fingerprint density at radius 1 is 1.35 bits per heavy atom. The average Bonchev–Trinajstić information content (AvgIpc) is 3.07. The molecule has 0 aliphatic heterocycles. The summed E-state index contributed by atoms with van der Waals surface area (Å²) in [7, 11) is 1.74. The molecule has 1 aliphatic carbocycles. The minimum atomic E-state index is -0.942. The fraction of sp³-hybridized carbons (Fsp3) is 0.833. The van der Waals surface area contributed by atoms with Crippen molar-refractivity contribution in [2.45, 2.75) is 32.6 Å². The van der Waals surface area contributed by atoms with E-state index >= 15 is 0 Å². The lowest BCUT2D eigenvalue weighted by Gasteiger charge is -2.27. The Labute approximate surface area is 102 Å². The largest absolute Gasteiger partial charge is 0.480 e.